The minimum absolute atomic E-state index is 0.0218. The van der Waals surface area contributed by atoms with Gasteiger partial charge in [-0.2, -0.15) is 0 Å². The number of hydrogen-bond donors (Lipinski definition) is 2. The molecule has 0 radical (unpaired) electrons. The number of fused-ring (bicyclic) bond motifs is 1. The average Bonchev–Trinajstić information content (AvgIpc) is 3.29. The van der Waals surface area contributed by atoms with Gasteiger partial charge in [-0.15, -0.1) is 0 Å². The molecule has 8 heteroatoms. The van der Waals surface area contributed by atoms with E-state index in [0.717, 1.165) is 36.3 Å². The number of anilines is 1. The van der Waals surface area contributed by atoms with Crippen molar-refractivity contribution >= 4 is 39.9 Å². The van der Waals surface area contributed by atoms with Gasteiger partial charge in [0.25, 0.3) is 0 Å². The molecule has 3 aromatic rings. The van der Waals surface area contributed by atoms with Gasteiger partial charge in [-0.25, -0.2) is 9.97 Å². The first-order valence-electron chi connectivity index (χ1n) is 8.44. The van der Waals surface area contributed by atoms with Crippen LogP contribution in [0.5, 0.6) is 0 Å². The lowest BCUT2D eigenvalue weighted by Crippen LogP contribution is -2.33. The quantitative estimate of drug-likeness (QED) is 0.665. The molecule has 2 N–H and O–H groups in total. The Morgan fingerprint density at radius 3 is 2.85 bits per heavy atom. The minimum Gasteiger partial charge on any atom is -0.368 e. The molecule has 26 heavy (non-hydrogen) atoms. The summed E-state index contributed by atoms with van der Waals surface area (Å²) >= 11 is 12.6. The second kappa shape index (κ2) is 7.04. The molecule has 2 aromatic heterocycles. The summed E-state index contributed by atoms with van der Waals surface area (Å²) in [7, 11) is 0. The third kappa shape index (κ3) is 3.14. The molecule has 1 atom stereocenters. The maximum Gasteiger partial charge on any atom is 0.153 e. The number of pyridine rings is 1. The van der Waals surface area contributed by atoms with E-state index in [4.69, 9.17) is 28.2 Å². The summed E-state index contributed by atoms with van der Waals surface area (Å²) < 4.78 is 1.91. The largest absolute Gasteiger partial charge is 0.368 e. The molecular formula is C18H18Cl2N4O2. The van der Waals surface area contributed by atoms with Gasteiger partial charge in [0, 0.05) is 42.9 Å². The van der Waals surface area contributed by atoms with Crippen molar-refractivity contribution in [2.75, 3.05) is 11.4 Å². The van der Waals surface area contributed by atoms with E-state index in [-0.39, 0.29) is 12.5 Å². The molecule has 1 saturated heterocycles. The molecular weight excluding hydrogens is 375 g/mol. The van der Waals surface area contributed by atoms with Gasteiger partial charge < -0.3 is 19.7 Å². The van der Waals surface area contributed by atoms with Crippen LogP contribution in [0.25, 0.3) is 16.6 Å². The molecule has 0 aliphatic carbocycles. The third-order valence-electron chi connectivity index (χ3n) is 4.77. The fraction of sp³-hybridized carbons (Fsp3) is 0.333. The zero-order chi connectivity index (χ0) is 18.3. The number of rotatable bonds is 4. The summed E-state index contributed by atoms with van der Waals surface area (Å²) in [6.45, 7) is 0.803. The van der Waals surface area contributed by atoms with Crippen LogP contribution in [0.15, 0.2) is 36.9 Å². The number of aromatic nitrogens is 3. The number of hydrogen-bond acceptors (Lipinski definition) is 5. The number of imidazole rings is 1. The molecule has 1 aliphatic rings. The van der Waals surface area contributed by atoms with Gasteiger partial charge in [-0.05, 0) is 25.0 Å². The monoisotopic (exact) mass is 392 g/mol. The lowest BCUT2D eigenvalue weighted by Gasteiger charge is -2.27. The molecule has 1 fully saturated rings. The zero-order valence-corrected chi connectivity index (χ0v) is 15.4. The number of aliphatic hydroxyl groups excluding tert-OH is 1. The molecule has 4 rings (SSSR count). The van der Waals surface area contributed by atoms with E-state index in [1.165, 1.54) is 0 Å². The summed E-state index contributed by atoms with van der Waals surface area (Å²) in [5.74, 6) is 0.744. The Morgan fingerprint density at radius 2 is 2.12 bits per heavy atom. The second-order valence-electron chi connectivity index (χ2n) is 6.43. The fourth-order valence-electron chi connectivity index (χ4n) is 3.59. The van der Waals surface area contributed by atoms with Crippen molar-refractivity contribution in [3.05, 3.63) is 47.0 Å². The molecule has 0 amide bonds. The van der Waals surface area contributed by atoms with Crippen molar-refractivity contribution < 1.29 is 10.2 Å². The van der Waals surface area contributed by atoms with E-state index in [2.05, 4.69) is 9.88 Å². The Labute approximate surface area is 160 Å². The maximum absolute atomic E-state index is 9.39. The van der Waals surface area contributed by atoms with Crippen LogP contribution in [0.3, 0.4) is 0 Å². The van der Waals surface area contributed by atoms with Crippen molar-refractivity contribution in [3.8, 4) is 5.69 Å². The van der Waals surface area contributed by atoms with Gasteiger partial charge in [0.1, 0.15) is 5.82 Å². The summed E-state index contributed by atoms with van der Waals surface area (Å²) in [5, 5.41) is 20.5. The Bertz CT molecular complexity index is 931. The lowest BCUT2D eigenvalue weighted by molar-refractivity contribution is -0.0489. The van der Waals surface area contributed by atoms with E-state index in [1.54, 1.807) is 18.6 Å². The van der Waals surface area contributed by atoms with Gasteiger partial charge in [0.05, 0.1) is 27.6 Å². The number of nitrogens with zero attached hydrogens (tertiary/aromatic N) is 4. The second-order valence-corrected chi connectivity index (χ2v) is 7.22. The van der Waals surface area contributed by atoms with Crippen LogP contribution in [-0.2, 0) is 0 Å². The van der Waals surface area contributed by atoms with Crippen LogP contribution < -0.4 is 4.90 Å². The van der Waals surface area contributed by atoms with Crippen molar-refractivity contribution in [2.24, 2.45) is 0 Å². The third-order valence-corrected chi connectivity index (χ3v) is 5.57. The predicted molar refractivity (Wildman–Crippen MR) is 102 cm³/mol. The van der Waals surface area contributed by atoms with Crippen LogP contribution in [0.4, 0.5) is 5.82 Å². The Kier molecular flexibility index (Phi) is 4.75. The first-order valence-corrected chi connectivity index (χ1v) is 9.20. The van der Waals surface area contributed by atoms with E-state index in [0.29, 0.717) is 15.6 Å². The van der Waals surface area contributed by atoms with Gasteiger partial charge in [0.2, 0.25) is 0 Å². The number of aliphatic hydroxyl groups is 2. The highest BCUT2D eigenvalue weighted by Gasteiger charge is 2.28. The summed E-state index contributed by atoms with van der Waals surface area (Å²) in [6, 6.07) is 5.66. The topological polar surface area (TPSA) is 74.4 Å². The molecule has 0 spiro atoms. The van der Waals surface area contributed by atoms with Gasteiger partial charge in [-0.1, -0.05) is 23.2 Å². The Morgan fingerprint density at radius 1 is 1.27 bits per heavy atom. The van der Waals surface area contributed by atoms with Crippen molar-refractivity contribution in [3.63, 3.8) is 0 Å². The summed E-state index contributed by atoms with van der Waals surface area (Å²) in [6.07, 6.45) is 6.10. The van der Waals surface area contributed by atoms with Crippen molar-refractivity contribution in [1.29, 1.82) is 0 Å². The first kappa shape index (κ1) is 17.5. The molecule has 1 aromatic carbocycles. The highest BCUT2D eigenvalue weighted by molar-refractivity contribution is 6.45. The standard InChI is InChI=1S/C18H18Cl2N4O2/c19-13-4-3-12-14(23-7-5-21-10-23)9-15(22-18(12)17(13)20)24-6-1-2-11(24)8-16(25)26/h3-5,7,9-11,16,25-26H,1-2,6,8H2/t11-/m0/s1. The fourth-order valence-corrected chi connectivity index (χ4v) is 3.95. The normalized spacial score (nSPS) is 17.6. The van der Waals surface area contributed by atoms with E-state index in [9.17, 15) is 10.2 Å². The van der Waals surface area contributed by atoms with Crippen LogP contribution in [-0.4, -0.2) is 43.6 Å². The van der Waals surface area contributed by atoms with Crippen LogP contribution in [0, 0.1) is 0 Å². The van der Waals surface area contributed by atoms with E-state index in [1.807, 2.05) is 22.9 Å². The molecule has 0 saturated carbocycles. The molecule has 136 valence electrons. The van der Waals surface area contributed by atoms with Crippen LogP contribution in [0.2, 0.25) is 10.0 Å². The SMILES string of the molecule is OC(O)C[C@@H]1CCCN1c1cc(-n2ccnc2)c2ccc(Cl)c(Cl)c2n1. The van der Waals surface area contributed by atoms with Gasteiger partial charge in [0.15, 0.2) is 6.29 Å². The molecule has 0 bridgehead atoms. The molecule has 0 unspecified atom stereocenters. The average molecular weight is 393 g/mol. The highest BCUT2D eigenvalue weighted by atomic mass is 35.5. The zero-order valence-electron chi connectivity index (χ0n) is 13.9. The van der Waals surface area contributed by atoms with Crippen molar-refractivity contribution in [1.82, 2.24) is 14.5 Å². The smallest absolute Gasteiger partial charge is 0.153 e. The maximum atomic E-state index is 9.39. The highest BCUT2D eigenvalue weighted by Crippen LogP contribution is 2.36. The van der Waals surface area contributed by atoms with Gasteiger partial charge >= 0.3 is 0 Å². The number of halogens is 2. The lowest BCUT2D eigenvalue weighted by atomic mass is 10.1. The minimum atomic E-state index is -1.34. The Hall–Kier alpha value is -1.86. The van der Waals surface area contributed by atoms with E-state index >= 15 is 0 Å². The first-order chi connectivity index (χ1) is 12.5. The van der Waals surface area contributed by atoms with Gasteiger partial charge in [-0.3, -0.25) is 0 Å². The van der Waals surface area contributed by atoms with Crippen LogP contribution >= 0.6 is 23.2 Å². The number of benzene rings is 1. The molecule has 1 aliphatic heterocycles. The molecule has 3 heterocycles. The van der Waals surface area contributed by atoms with E-state index < -0.39 is 6.29 Å². The summed E-state index contributed by atoms with van der Waals surface area (Å²) in [4.78, 5) is 11.0. The summed E-state index contributed by atoms with van der Waals surface area (Å²) in [5.41, 5.74) is 1.52. The Balaban J connectivity index is 1.89. The van der Waals surface area contributed by atoms with Crippen molar-refractivity contribution in [2.45, 2.75) is 31.6 Å². The van der Waals surface area contributed by atoms with Crippen LogP contribution in [0.1, 0.15) is 19.3 Å². The molecule has 6 nitrogen and oxygen atoms in total. The predicted octanol–water partition coefficient (Wildman–Crippen LogP) is 3.40.